The molecule has 1 spiro atoms. The van der Waals surface area contributed by atoms with Gasteiger partial charge in [0.1, 0.15) is 0 Å². The SMILES string of the molecule is Cc1ccc2nc(C)c(C)c(C(=O)N3CCC4(CC3)CNC(=O)C4)c2c1. The van der Waals surface area contributed by atoms with Crippen molar-refractivity contribution in [1.82, 2.24) is 15.2 Å². The fraction of sp³-hybridized carbons (Fsp3) is 0.476. The molecule has 0 radical (unpaired) electrons. The Kier molecular flexibility index (Phi) is 3.98. The Bertz CT molecular complexity index is 911. The Balaban J connectivity index is 1.66. The molecule has 3 heterocycles. The summed E-state index contributed by atoms with van der Waals surface area (Å²) in [4.78, 5) is 31.6. The van der Waals surface area contributed by atoms with E-state index in [1.165, 1.54) is 0 Å². The van der Waals surface area contributed by atoms with Gasteiger partial charge in [-0.05, 0) is 56.7 Å². The third-order valence-electron chi connectivity index (χ3n) is 6.15. The molecule has 2 fully saturated rings. The Morgan fingerprint density at radius 2 is 1.92 bits per heavy atom. The molecule has 136 valence electrons. The number of aromatic nitrogens is 1. The zero-order valence-electron chi connectivity index (χ0n) is 15.7. The first-order valence-electron chi connectivity index (χ1n) is 9.32. The normalized spacial score (nSPS) is 19.2. The average molecular weight is 351 g/mol. The van der Waals surface area contributed by atoms with Crippen LogP contribution in [0.25, 0.3) is 10.9 Å². The molecular formula is C21H25N3O2. The zero-order valence-corrected chi connectivity index (χ0v) is 15.7. The van der Waals surface area contributed by atoms with E-state index in [9.17, 15) is 9.59 Å². The Labute approximate surface area is 153 Å². The van der Waals surface area contributed by atoms with Gasteiger partial charge in [-0.1, -0.05) is 11.6 Å². The summed E-state index contributed by atoms with van der Waals surface area (Å²) in [5, 5.41) is 3.89. The first kappa shape index (κ1) is 17.0. The number of aryl methyl sites for hydroxylation is 2. The van der Waals surface area contributed by atoms with Crippen LogP contribution >= 0.6 is 0 Å². The van der Waals surface area contributed by atoms with E-state index in [-0.39, 0.29) is 17.2 Å². The number of hydrogen-bond acceptors (Lipinski definition) is 3. The van der Waals surface area contributed by atoms with E-state index in [0.29, 0.717) is 19.5 Å². The van der Waals surface area contributed by atoms with Crippen molar-refractivity contribution in [3.05, 3.63) is 40.6 Å². The maximum atomic E-state index is 13.4. The summed E-state index contributed by atoms with van der Waals surface area (Å²) in [5.41, 5.74) is 4.71. The van der Waals surface area contributed by atoms with Crippen molar-refractivity contribution in [2.24, 2.45) is 5.41 Å². The molecule has 2 aliphatic rings. The molecule has 5 nitrogen and oxygen atoms in total. The number of nitrogens with zero attached hydrogens (tertiary/aromatic N) is 2. The van der Waals surface area contributed by atoms with Gasteiger partial charge in [-0.3, -0.25) is 14.6 Å². The lowest BCUT2D eigenvalue weighted by Gasteiger charge is -2.38. The van der Waals surface area contributed by atoms with Crippen LogP contribution in [-0.2, 0) is 4.79 Å². The lowest BCUT2D eigenvalue weighted by atomic mass is 9.77. The van der Waals surface area contributed by atoms with Gasteiger partial charge in [0.2, 0.25) is 5.91 Å². The topological polar surface area (TPSA) is 62.3 Å². The number of likely N-dealkylation sites (tertiary alicyclic amines) is 1. The Morgan fingerprint density at radius 3 is 2.58 bits per heavy atom. The highest BCUT2D eigenvalue weighted by Gasteiger charge is 2.42. The molecule has 0 saturated carbocycles. The second-order valence-electron chi connectivity index (χ2n) is 7.96. The maximum Gasteiger partial charge on any atom is 0.254 e. The number of carbonyl (C=O) groups is 2. The average Bonchev–Trinajstić information content (AvgIpc) is 2.97. The van der Waals surface area contributed by atoms with E-state index in [4.69, 9.17) is 0 Å². The highest BCUT2D eigenvalue weighted by atomic mass is 16.2. The van der Waals surface area contributed by atoms with Crippen LogP contribution in [0.1, 0.15) is 46.4 Å². The van der Waals surface area contributed by atoms with Crippen LogP contribution < -0.4 is 5.32 Å². The fourth-order valence-electron chi connectivity index (χ4n) is 4.32. The van der Waals surface area contributed by atoms with Crippen LogP contribution in [0.4, 0.5) is 0 Å². The second-order valence-corrected chi connectivity index (χ2v) is 7.96. The monoisotopic (exact) mass is 351 g/mol. The number of pyridine rings is 1. The van der Waals surface area contributed by atoms with Crippen molar-refractivity contribution in [3.63, 3.8) is 0 Å². The largest absolute Gasteiger partial charge is 0.356 e. The van der Waals surface area contributed by atoms with Crippen LogP contribution in [0.3, 0.4) is 0 Å². The lowest BCUT2D eigenvalue weighted by molar-refractivity contribution is -0.119. The van der Waals surface area contributed by atoms with Crippen LogP contribution in [-0.4, -0.2) is 41.3 Å². The molecule has 5 heteroatoms. The first-order chi connectivity index (χ1) is 12.4. The van der Waals surface area contributed by atoms with Gasteiger partial charge in [0.05, 0.1) is 11.1 Å². The van der Waals surface area contributed by atoms with Crippen molar-refractivity contribution in [2.75, 3.05) is 19.6 Å². The molecule has 2 aliphatic heterocycles. The number of benzene rings is 1. The highest BCUT2D eigenvalue weighted by Crippen LogP contribution is 2.38. The standard InChI is InChI=1S/C21H25N3O2/c1-13-4-5-17-16(10-13)19(14(2)15(3)23-17)20(26)24-8-6-21(7-9-24)11-18(25)22-12-21/h4-5,10H,6-9,11-12H2,1-3H3,(H,22,25). The number of fused-ring (bicyclic) bond motifs is 1. The van der Waals surface area contributed by atoms with Crippen molar-refractivity contribution in [2.45, 2.75) is 40.0 Å². The van der Waals surface area contributed by atoms with Crippen LogP contribution in [0.2, 0.25) is 0 Å². The molecule has 0 atom stereocenters. The van der Waals surface area contributed by atoms with Gasteiger partial charge in [-0.25, -0.2) is 0 Å². The van der Waals surface area contributed by atoms with E-state index in [0.717, 1.165) is 52.7 Å². The second kappa shape index (κ2) is 6.08. The van der Waals surface area contributed by atoms with E-state index < -0.39 is 0 Å². The van der Waals surface area contributed by atoms with Crippen LogP contribution in [0, 0.1) is 26.2 Å². The summed E-state index contributed by atoms with van der Waals surface area (Å²) in [6, 6.07) is 6.09. The quantitative estimate of drug-likeness (QED) is 0.859. The fourth-order valence-corrected chi connectivity index (χ4v) is 4.32. The summed E-state index contributed by atoms with van der Waals surface area (Å²) in [7, 11) is 0. The summed E-state index contributed by atoms with van der Waals surface area (Å²) in [6.45, 7) is 8.17. The predicted octanol–water partition coefficient (Wildman–Crippen LogP) is 2.90. The third-order valence-corrected chi connectivity index (χ3v) is 6.15. The van der Waals surface area contributed by atoms with Crippen molar-refractivity contribution < 1.29 is 9.59 Å². The van der Waals surface area contributed by atoms with Gasteiger partial charge in [0, 0.05) is 37.1 Å². The summed E-state index contributed by atoms with van der Waals surface area (Å²) in [6.07, 6.45) is 2.37. The maximum absolute atomic E-state index is 13.4. The Hall–Kier alpha value is -2.43. The van der Waals surface area contributed by atoms with Gasteiger partial charge in [0.15, 0.2) is 0 Å². The minimum atomic E-state index is 0.0513. The molecule has 1 N–H and O–H groups in total. The minimum absolute atomic E-state index is 0.0513. The Morgan fingerprint density at radius 1 is 1.19 bits per heavy atom. The smallest absolute Gasteiger partial charge is 0.254 e. The van der Waals surface area contributed by atoms with Gasteiger partial charge in [0.25, 0.3) is 5.91 Å². The van der Waals surface area contributed by atoms with Crippen molar-refractivity contribution in [3.8, 4) is 0 Å². The number of rotatable bonds is 1. The van der Waals surface area contributed by atoms with E-state index >= 15 is 0 Å². The molecule has 1 aromatic carbocycles. The minimum Gasteiger partial charge on any atom is -0.356 e. The first-order valence-corrected chi connectivity index (χ1v) is 9.32. The number of amides is 2. The van der Waals surface area contributed by atoms with E-state index in [2.05, 4.69) is 16.4 Å². The third kappa shape index (κ3) is 2.75. The number of hydrogen-bond donors (Lipinski definition) is 1. The van der Waals surface area contributed by atoms with Crippen molar-refractivity contribution in [1.29, 1.82) is 0 Å². The van der Waals surface area contributed by atoms with Crippen molar-refractivity contribution >= 4 is 22.7 Å². The van der Waals surface area contributed by atoms with Gasteiger partial charge >= 0.3 is 0 Å². The van der Waals surface area contributed by atoms with Crippen LogP contribution in [0.5, 0.6) is 0 Å². The molecule has 2 aromatic rings. The lowest BCUT2D eigenvalue weighted by Crippen LogP contribution is -2.44. The highest BCUT2D eigenvalue weighted by molar-refractivity contribution is 6.07. The van der Waals surface area contributed by atoms with E-state index in [1.54, 1.807) is 0 Å². The summed E-state index contributed by atoms with van der Waals surface area (Å²) in [5.74, 6) is 0.239. The predicted molar refractivity (Wildman–Crippen MR) is 101 cm³/mol. The summed E-state index contributed by atoms with van der Waals surface area (Å²) >= 11 is 0. The molecule has 0 aliphatic carbocycles. The molecule has 4 rings (SSSR count). The molecule has 0 bridgehead atoms. The zero-order chi connectivity index (χ0) is 18.5. The van der Waals surface area contributed by atoms with Gasteiger partial charge in [-0.15, -0.1) is 0 Å². The molecule has 2 amide bonds. The molecule has 2 saturated heterocycles. The number of piperidine rings is 1. The van der Waals surface area contributed by atoms with Gasteiger partial charge in [-0.2, -0.15) is 0 Å². The number of carbonyl (C=O) groups excluding carboxylic acids is 2. The van der Waals surface area contributed by atoms with Gasteiger partial charge < -0.3 is 10.2 Å². The van der Waals surface area contributed by atoms with Crippen LogP contribution in [0.15, 0.2) is 18.2 Å². The molecule has 0 unspecified atom stereocenters. The molecular weight excluding hydrogens is 326 g/mol. The number of nitrogens with one attached hydrogen (secondary N) is 1. The summed E-state index contributed by atoms with van der Waals surface area (Å²) < 4.78 is 0. The molecule has 26 heavy (non-hydrogen) atoms. The molecule has 1 aromatic heterocycles. The van der Waals surface area contributed by atoms with E-state index in [1.807, 2.05) is 37.8 Å².